The summed E-state index contributed by atoms with van der Waals surface area (Å²) in [5.74, 6) is 3.05. The average molecular weight is 783 g/mol. The molecule has 5 atom stereocenters. The molecule has 0 spiro atoms. The lowest BCUT2D eigenvalue weighted by molar-refractivity contribution is 0.432. The molecule has 2 bridgehead atoms. The van der Waals surface area contributed by atoms with Crippen molar-refractivity contribution in [3.05, 3.63) is 193 Å². The average Bonchev–Trinajstić information content (AvgIpc) is 3.48. The first-order chi connectivity index (χ1) is 29.6. The normalized spacial score (nSPS) is 21.5. The minimum Gasteiger partial charge on any atom is -0.310 e. The van der Waals surface area contributed by atoms with Crippen LogP contribution < -0.4 is 9.80 Å². The number of para-hydroxylation sites is 2. The van der Waals surface area contributed by atoms with Gasteiger partial charge in [0, 0.05) is 34.1 Å². The van der Waals surface area contributed by atoms with Crippen LogP contribution in [0.15, 0.2) is 170 Å². The van der Waals surface area contributed by atoms with Crippen LogP contribution in [0.5, 0.6) is 0 Å². The summed E-state index contributed by atoms with van der Waals surface area (Å²) in [5.41, 5.74) is 13.4. The number of benzene rings is 7. The third-order valence-electron chi connectivity index (χ3n) is 14.2. The van der Waals surface area contributed by atoms with Gasteiger partial charge < -0.3 is 9.80 Å². The molecule has 7 aromatic carbocycles. The third-order valence-corrected chi connectivity index (χ3v) is 14.2. The van der Waals surface area contributed by atoms with Gasteiger partial charge >= 0.3 is 0 Å². The van der Waals surface area contributed by atoms with E-state index >= 15 is 0 Å². The van der Waals surface area contributed by atoms with Crippen LogP contribution in [0.4, 0.5) is 34.1 Å². The molecule has 0 saturated heterocycles. The van der Waals surface area contributed by atoms with Crippen LogP contribution in [0.1, 0.15) is 118 Å². The van der Waals surface area contributed by atoms with Crippen molar-refractivity contribution in [1.82, 2.24) is 0 Å². The Hall–Kier alpha value is -5.86. The fourth-order valence-electron chi connectivity index (χ4n) is 11.3. The fourth-order valence-corrected chi connectivity index (χ4v) is 11.3. The van der Waals surface area contributed by atoms with E-state index in [1.54, 1.807) is 11.1 Å². The Morgan fingerprint density at radius 3 is 1.58 bits per heavy atom. The van der Waals surface area contributed by atoms with E-state index in [0.717, 1.165) is 25.2 Å². The second-order valence-electron chi connectivity index (χ2n) is 18.0. The summed E-state index contributed by atoms with van der Waals surface area (Å²) in [6.07, 6.45) is 17.8. The van der Waals surface area contributed by atoms with Crippen molar-refractivity contribution in [1.29, 1.82) is 0 Å². The summed E-state index contributed by atoms with van der Waals surface area (Å²) in [4.78, 5) is 4.92. The molecule has 0 N–H and O–H groups in total. The van der Waals surface area contributed by atoms with Crippen molar-refractivity contribution in [2.75, 3.05) is 9.80 Å². The van der Waals surface area contributed by atoms with Gasteiger partial charge in [0.25, 0.3) is 0 Å². The number of hydrogen-bond acceptors (Lipinski definition) is 2. The number of nitrogens with zero attached hydrogens (tertiary/aromatic N) is 2. The van der Waals surface area contributed by atoms with Crippen molar-refractivity contribution in [2.45, 2.75) is 95.3 Å². The molecule has 0 amide bonds. The maximum Gasteiger partial charge on any atom is 0.0468 e. The van der Waals surface area contributed by atoms with E-state index in [4.69, 9.17) is 0 Å². The number of allylic oxidation sites excluding steroid dienone is 3. The molecule has 0 saturated carbocycles. The van der Waals surface area contributed by atoms with Crippen LogP contribution in [0.2, 0.25) is 0 Å². The van der Waals surface area contributed by atoms with Crippen molar-refractivity contribution in [2.24, 2.45) is 5.92 Å². The molecule has 0 aliphatic heterocycles. The van der Waals surface area contributed by atoms with E-state index in [9.17, 15) is 0 Å². The molecular weight excluding hydrogens is 725 g/mol. The molecule has 0 aromatic heterocycles. The third kappa shape index (κ3) is 7.25. The lowest BCUT2D eigenvalue weighted by Gasteiger charge is -2.29. The SMILES string of the molecule is C=CCC1CCCC(CC)c2cc(N(c3ccccc3)c3ccc4c(ccc5cc(N(c6ccccc6)c6ccc7c(c6)C6C/C=C\CC7CC(C)C6)ccc54)c3)ccc21. The Labute approximate surface area is 357 Å². The van der Waals surface area contributed by atoms with Gasteiger partial charge in [-0.15, -0.1) is 6.58 Å². The molecule has 300 valence electrons. The lowest BCUT2D eigenvalue weighted by Crippen LogP contribution is -2.12. The minimum atomic E-state index is 0.552. The minimum absolute atomic E-state index is 0.552. The zero-order valence-electron chi connectivity index (χ0n) is 35.4. The molecule has 60 heavy (non-hydrogen) atoms. The molecule has 2 nitrogen and oxygen atoms in total. The monoisotopic (exact) mass is 782 g/mol. The largest absolute Gasteiger partial charge is 0.310 e. The molecular formula is C58H58N2. The molecule has 0 radical (unpaired) electrons. The molecule has 0 fully saturated rings. The van der Waals surface area contributed by atoms with E-state index in [1.807, 2.05) is 0 Å². The van der Waals surface area contributed by atoms with Gasteiger partial charge in [-0.25, -0.2) is 0 Å². The maximum atomic E-state index is 4.12. The number of hydrogen-bond donors (Lipinski definition) is 0. The highest BCUT2D eigenvalue weighted by molar-refractivity contribution is 6.09. The first-order valence-corrected chi connectivity index (χ1v) is 22.8. The van der Waals surface area contributed by atoms with Crippen LogP contribution in [0.3, 0.4) is 0 Å². The van der Waals surface area contributed by atoms with Gasteiger partial charge in [-0.05, 0) is 198 Å². The van der Waals surface area contributed by atoms with Crippen LogP contribution in [-0.2, 0) is 0 Å². The first-order valence-electron chi connectivity index (χ1n) is 22.8. The maximum absolute atomic E-state index is 4.12. The summed E-state index contributed by atoms with van der Waals surface area (Å²) in [6.45, 7) is 8.94. The molecule has 3 aliphatic carbocycles. The van der Waals surface area contributed by atoms with Crippen molar-refractivity contribution in [3.63, 3.8) is 0 Å². The quantitative estimate of drug-likeness (QED) is 0.0817. The van der Waals surface area contributed by atoms with Gasteiger partial charge in [0.2, 0.25) is 0 Å². The molecule has 2 heteroatoms. The van der Waals surface area contributed by atoms with Gasteiger partial charge in [0.05, 0.1) is 0 Å². The molecule has 10 rings (SSSR count). The highest BCUT2D eigenvalue weighted by Gasteiger charge is 2.30. The number of rotatable bonds is 9. The first kappa shape index (κ1) is 38.3. The summed E-state index contributed by atoms with van der Waals surface area (Å²) >= 11 is 0. The predicted molar refractivity (Wildman–Crippen MR) is 258 cm³/mol. The Morgan fingerprint density at radius 2 is 1.02 bits per heavy atom. The van der Waals surface area contributed by atoms with Crippen LogP contribution in [-0.4, -0.2) is 0 Å². The van der Waals surface area contributed by atoms with Gasteiger partial charge in [-0.3, -0.25) is 0 Å². The van der Waals surface area contributed by atoms with Crippen molar-refractivity contribution < 1.29 is 0 Å². The van der Waals surface area contributed by atoms with Crippen molar-refractivity contribution in [3.8, 4) is 0 Å². The number of fused-ring (bicyclic) bond motifs is 4. The fraction of sp³-hybridized carbons (Fsp3) is 0.276. The van der Waals surface area contributed by atoms with Crippen LogP contribution in [0.25, 0.3) is 21.5 Å². The Morgan fingerprint density at radius 1 is 0.517 bits per heavy atom. The summed E-state index contributed by atoms with van der Waals surface area (Å²) in [5, 5.41) is 5.05. The highest BCUT2D eigenvalue weighted by atomic mass is 15.1. The number of anilines is 6. The topological polar surface area (TPSA) is 6.48 Å². The molecule has 3 aliphatic rings. The molecule has 0 heterocycles. The zero-order valence-corrected chi connectivity index (χ0v) is 35.4. The second-order valence-corrected chi connectivity index (χ2v) is 18.0. The standard InChI is InChI=1S/C58H58N2/c1-4-15-42-19-14-18-41(5-2)57-38-51(28-30-53(42)57)59(47-20-8-6-9-21-47)49-26-31-54-45(36-49)24-25-46-37-50(27-32-55(46)54)60(48-22-10-7-11-23-48)52-29-33-56-43-16-12-13-17-44(58(56)39-52)35-40(3)34-43/h4,6-13,20-33,36-44H,1,5,14-19,34-35H2,2-3H3/b13-12-. The van der Waals surface area contributed by atoms with E-state index in [-0.39, 0.29) is 0 Å². The second kappa shape index (κ2) is 16.7. The van der Waals surface area contributed by atoms with E-state index < -0.39 is 0 Å². The highest BCUT2D eigenvalue weighted by Crippen LogP contribution is 2.48. The van der Waals surface area contributed by atoms with Crippen molar-refractivity contribution >= 4 is 55.7 Å². The Bertz CT molecular complexity index is 2670. The molecule has 7 aromatic rings. The Balaban J connectivity index is 1.04. The smallest absolute Gasteiger partial charge is 0.0468 e. The summed E-state index contributed by atoms with van der Waals surface area (Å²) in [7, 11) is 0. The van der Waals surface area contributed by atoms with E-state index in [2.05, 4.69) is 194 Å². The van der Waals surface area contributed by atoms with Crippen LogP contribution in [0, 0.1) is 5.92 Å². The zero-order chi connectivity index (χ0) is 40.6. The van der Waals surface area contributed by atoms with Gasteiger partial charge in [-0.2, -0.15) is 0 Å². The Kier molecular flexibility index (Phi) is 10.6. The van der Waals surface area contributed by atoms with Crippen LogP contribution >= 0.6 is 0 Å². The van der Waals surface area contributed by atoms with Gasteiger partial charge in [0.1, 0.15) is 0 Å². The van der Waals surface area contributed by atoms with E-state index in [0.29, 0.717) is 23.7 Å². The summed E-state index contributed by atoms with van der Waals surface area (Å²) in [6, 6.07) is 55.3. The predicted octanol–water partition coefficient (Wildman–Crippen LogP) is 17.2. The lowest BCUT2D eigenvalue weighted by atomic mass is 9.83. The summed E-state index contributed by atoms with van der Waals surface area (Å²) < 4.78 is 0. The van der Waals surface area contributed by atoms with Gasteiger partial charge in [-0.1, -0.05) is 111 Å². The van der Waals surface area contributed by atoms with E-state index in [1.165, 1.54) is 105 Å². The van der Waals surface area contributed by atoms with Gasteiger partial charge in [0.15, 0.2) is 0 Å². The molecule has 5 unspecified atom stereocenters.